The summed E-state index contributed by atoms with van der Waals surface area (Å²) in [4.78, 5) is 10.1. The zero-order valence-corrected chi connectivity index (χ0v) is 62.9. The Labute approximate surface area is 547 Å². The second-order valence-electron chi connectivity index (χ2n) is 31.3. The van der Waals surface area contributed by atoms with Crippen LogP contribution in [-0.4, -0.2) is 178 Å². The van der Waals surface area contributed by atoms with Gasteiger partial charge < -0.3 is 41.3 Å². The van der Waals surface area contributed by atoms with E-state index in [-0.39, 0.29) is 0 Å². The fourth-order valence-corrected chi connectivity index (χ4v) is 13.6. The van der Waals surface area contributed by atoms with Gasteiger partial charge in [0.2, 0.25) is 0 Å². The van der Waals surface area contributed by atoms with Gasteiger partial charge in [-0.1, -0.05) is 121 Å². The van der Waals surface area contributed by atoms with Crippen molar-refractivity contribution < 1.29 is 0 Å². The normalized spacial score (nSPS) is 25.4. The Balaban J connectivity index is 0.000000483. The summed E-state index contributed by atoms with van der Waals surface area (Å²) in [7, 11) is 0. The van der Waals surface area contributed by atoms with E-state index in [0.29, 0.717) is 12.1 Å². The fraction of sp³-hybridized carbons (Fsp3) is 1.00. The number of likely N-dealkylation sites (tertiary alicyclic amines) is 3. The van der Waals surface area contributed by atoms with Gasteiger partial charge in [-0.3, -0.25) is 10.3 Å². The van der Waals surface area contributed by atoms with Crippen LogP contribution in [0.25, 0.3) is 0 Å². The van der Waals surface area contributed by atoms with E-state index in [4.69, 9.17) is 0 Å². The van der Waals surface area contributed by atoms with Crippen molar-refractivity contribution in [3.63, 3.8) is 0 Å². The van der Waals surface area contributed by atoms with Gasteiger partial charge in [0.05, 0.1) is 0 Å². The predicted molar refractivity (Wildman–Crippen MR) is 389 cm³/mol. The summed E-state index contributed by atoms with van der Waals surface area (Å²) in [5.74, 6) is 7.29. The second-order valence-corrected chi connectivity index (χ2v) is 31.3. The summed E-state index contributed by atoms with van der Waals surface area (Å²) in [5, 5.41) is 19.4. The minimum Gasteiger partial charge on any atom is -0.316 e. The molecule has 0 aromatic rings. The first-order chi connectivity index (χ1) is 41.5. The van der Waals surface area contributed by atoms with Crippen molar-refractivity contribution in [2.45, 2.75) is 335 Å². The summed E-state index contributed by atoms with van der Waals surface area (Å²) < 4.78 is 0. The fourth-order valence-electron chi connectivity index (χ4n) is 13.6. The van der Waals surface area contributed by atoms with E-state index in [1.54, 1.807) is 0 Å². The highest BCUT2D eigenvalue weighted by atomic mass is 15.5. The third-order valence-corrected chi connectivity index (χ3v) is 20.7. The number of hydrogen-bond donors (Lipinski definition) is 6. The molecule has 0 aromatic carbocycles. The number of hydrogen-bond acceptors (Lipinski definition) is 11. The van der Waals surface area contributed by atoms with Gasteiger partial charge in [0.1, 0.15) is 0 Å². The third-order valence-electron chi connectivity index (χ3n) is 20.7. The second kappa shape index (κ2) is 53.9. The maximum atomic E-state index is 3.52. The molecule has 11 nitrogen and oxygen atoms in total. The van der Waals surface area contributed by atoms with E-state index in [0.717, 1.165) is 90.8 Å². The molecule has 9 aliphatic heterocycles. The molecule has 1 aliphatic carbocycles. The lowest BCUT2D eigenvalue weighted by Gasteiger charge is -2.30. The van der Waals surface area contributed by atoms with E-state index in [1.165, 1.54) is 252 Å². The van der Waals surface area contributed by atoms with Gasteiger partial charge in [-0.15, -0.1) is 0 Å². The molecule has 9 heterocycles. The Morgan fingerprint density at radius 1 is 0.253 bits per heavy atom. The lowest BCUT2D eigenvalue weighted by molar-refractivity contribution is 0.114. The van der Waals surface area contributed by atoms with Crippen molar-refractivity contribution in [1.82, 2.24) is 56.6 Å². The molecular formula is C76H163N11. The van der Waals surface area contributed by atoms with Crippen LogP contribution in [0.4, 0.5) is 0 Å². The van der Waals surface area contributed by atoms with Crippen molar-refractivity contribution in [1.29, 1.82) is 0 Å². The number of hydrazine groups is 1. The molecule has 87 heavy (non-hydrogen) atoms. The molecule has 1 saturated carbocycles. The summed E-state index contributed by atoms with van der Waals surface area (Å²) in [6, 6.07) is 5.30. The number of rotatable bonds is 10. The van der Waals surface area contributed by atoms with Crippen molar-refractivity contribution in [2.24, 2.45) is 47.3 Å². The number of piperidine rings is 4. The minimum atomic E-state index is 0.658. The van der Waals surface area contributed by atoms with Crippen molar-refractivity contribution in [2.75, 3.05) is 111 Å². The van der Waals surface area contributed by atoms with Crippen molar-refractivity contribution in [3.05, 3.63) is 0 Å². The molecule has 11 heteroatoms. The van der Waals surface area contributed by atoms with Gasteiger partial charge in [-0.25, -0.2) is 5.01 Å². The molecular weight excluding hydrogens is 1070 g/mol. The average Bonchev–Trinajstić information content (AvgIpc) is 4.40. The van der Waals surface area contributed by atoms with Crippen LogP contribution in [0.3, 0.4) is 0 Å². The zero-order chi connectivity index (χ0) is 64.8. The van der Waals surface area contributed by atoms with E-state index in [2.05, 4.69) is 195 Å². The van der Waals surface area contributed by atoms with Crippen LogP contribution >= 0.6 is 0 Å². The van der Waals surface area contributed by atoms with Crippen molar-refractivity contribution >= 4 is 0 Å². The van der Waals surface area contributed by atoms with Gasteiger partial charge >= 0.3 is 0 Å². The summed E-state index contributed by atoms with van der Waals surface area (Å²) in [6.45, 7) is 67.1. The Hall–Kier alpha value is -0.440. The molecule has 9 saturated heterocycles. The third kappa shape index (κ3) is 44.0. The summed E-state index contributed by atoms with van der Waals surface area (Å²) in [6.07, 6.45) is 34.0. The minimum absolute atomic E-state index is 0.658. The first-order valence-electron chi connectivity index (χ1n) is 38.6. The van der Waals surface area contributed by atoms with Gasteiger partial charge in [-0.05, 0) is 304 Å². The molecule has 6 N–H and O–H groups in total. The molecule has 0 radical (unpaired) electrons. The molecule has 0 spiro atoms. The Bertz CT molecular complexity index is 1150. The molecule has 4 unspecified atom stereocenters. The van der Waals surface area contributed by atoms with Gasteiger partial charge in [0, 0.05) is 68.6 Å². The largest absolute Gasteiger partial charge is 0.316 e. The molecule has 522 valence electrons. The molecule has 10 fully saturated rings. The highest BCUT2D eigenvalue weighted by Crippen LogP contribution is 2.29. The Kier molecular flexibility index (Phi) is 52.4. The lowest BCUT2D eigenvalue weighted by atomic mass is 9.82. The Morgan fingerprint density at radius 2 is 0.609 bits per heavy atom. The van der Waals surface area contributed by atoms with E-state index >= 15 is 0 Å². The smallest absolute Gasteiger partial charge is 0.0482 e. The van der Waals surface area contributed by atoms with Crippen LogP contribution in [0.15, 0.2) is 0 Å². The molecule has 0 amide bonds. The quantitative estimate of drug-likeness (QED) is 0.126. The van der Waals surface area contributed by atoms with Crippen molar-refractivity contribution in [3.8, 4) is 0 Å². The van der Waals surface area contributed by atoms with Crippen LogP contribution in [0.2, 0.25) is 0 Å². The topological polar surface area (TPSA) is 88.4 Å². The zero-order valence-electron chi connectivity index (χ0n) is 62.9. The van der Waals surface area contributed by atoms with Crippen LogP contribution < -0.4 is 32.0 Å². The molecule has 4 atom stereocenters. The van der Waals surface area contributed by atoms with E-state index in [1.807, 2.05) is 0 Å². The van der Waals surface area contributed by atoms with Crippen LogP contribution in [0.5, 0.6) is 0 Å². The highest BCUT2D eigenvalue weighted by Gasteiger charge is 2.21. The number of nitrogens with one attached hydrogen (secondary N) is 6. The van der Waals surface area contributed by atoms with E-state index in [9.17, 15) is 0 Å². The van der Waals surface area contributed by atoms with Gasteiger partial charge in [-0.2, -0.15) is 0 Å². The SMILES string of the molecule is CC(C)C1CCCCC1.CC(C)C1CCCCN1.CC(C)C1CCCN1.CC(C)C1CCCNC1.CC(C)C1CCNC1.CC(C)N1CCCC1.CC(C)N1CCCCC1.CC(C)N1CCCCC1.CC(C)N1CCCCN1.CC(C)N1CCCNC1. The summed E-state index contributed by atoms with van der Waals surface area (Å²) in [5.41, 5.74) is 3.35. The van der Waals surface area contributed by atoms with Gasteiger partial charge in [0.25, 0.3) is 0 Å². The van der Waals surface area contributed by atoms with Crippen LogP contribution in [0, 0.1) is 47.3 Å². The molecule has 0 aromatic heterocycles. The maximum absolute atomic E-state index is 3.52. The van der Waals surface area contributed by atoms with Crippen LogP contribution in [0.1, 0.15) is 293 Å². The average molecular weight is 1230 g/mol. The number of nitrogens with zero attached hydrogens (tertiary/aromatic N) is 5. The molecule has 10 rings (SSSR count). The van der Waals surface area contributed by atoms with Gasteiger partial charge in [0.15, 0.2) is 0 Å². The van der Waals surface area contributed by atoms with E-state index < -0.39 is 0 Å². The summed E-state index contributed by atoms with van der Waals surface area (Å²) >= 11 is 0. The standard InChI is InChI=1S/C9H18.4C8H17N.2C7H16N2.3C7H15N/c1-8(2)9-6-4-3-5-7-9;1-7(2)8-4-3-5-9-6-8;2*1-8(2)9-6-4-3-5-7-9;1-7(2)8-5-3-4-6-9-8;1-7(2)9-5-3-4-8-6-9;1-7(2)9-6-4-3-5-8-9;1-6(2)7-3-4-8-5-7;1-7(2)8-5-3-4-6-8;1-6(2)7-4-3-5-8-7/h8-9H,3-7H2,1-2H3;7-9H,3-6H2,1-2H3;2*8H,3-7H2,1-2H3;7-9H,3-6H2,1-2H3;2*7-8H,3-6H2,1-2H3;6-8H,3-5H2,1-2H3;7H,3-6H2,1-2H3;6-8H,3-5H2,1-2H3. The van der Waals surface area contributed by atoms with Crippen LogP contribution in [-0.2, 0) is 0 Å². The lowest BCUT2D eigenvalue weighted by Crippen LogP contribution is -2.47. The maximum Gasteiger partial charge on any atom is 0.0482 e. The first-order valence-corrected chi connectivity index (χ1v) is 38.6. The molecule has 10 aliphatic rings. The predicted octanol–water partition coefficient (Wildman–Crippen LogP) is 16.2. The molecule has 0 bridgehead atoms. The monoisotopic (exact) mass is 1230 g/mol. The highest BCUT2D eigenvalue weighted by molar-refractivity contribution is 4.78. The first kappa shape index (κ1) is 84.6. The Morgan fingerprint density at radius 3 is 0.874 bits per heavy atom.